The van der Waals surface area contributed by atoms with Crippen molar-refractivity contribution in [2.75, 3.05) is 6.54 Å². The van der Waals surface area contributed by atoms with Gasteiger partial charge in [-0.2, -0.15) is 0 Å². The molecule has 1 heterocycles. The fraction of sp³-hybridized carbons (Fsp3) is 0.235. The van der Waals surface area contributed by atoms with Gasteiger partial charge in [0.15, 0.2) is 5.72 Å². The van der Waals surface area contributed by atoms with E-state index < -0.39 is 5.72 Å². The molecule has 2 nitrogen and oxygen atoms in total. The van der Waals surface area contributed by atoms with Gasteiger partial charge in [0.05, 0.1) is 0 Å². The van der Waals surface area contributed by atoms with E-state index in [2.05, 4.69) is 0 Å². The topological polar surface area (TPSA) is 23.5 Å². The van der Waals surface area contributed by atoms with Crippen molar-refractivity contribution in [3.05, 3.63) is 70.8 Å². The van der Waals surface area contributed by atoms with Crippen LogP contribution in [0.1, 0.15) is 29.2 Å². The lowest BCUT2D eigenvalue weighted by Crippen LogP contribution is -2.44. The molecule has 0 aliphatic carbocycles. The second-order valence-corrected chi connectivity index (χ2v) is 5.52. The lowest BCUT2D eigenvalue weighted by atomic mass is 9.93. The third-order valence-corrected chi connectivity index (χ3v) is 4.38. The molecule has 0 saturated carbocycles. The van der Waals surface area contributed by atoms with Crippen LogP contribution in [0.4, 0.5) is 0 Å². The van der Waals surface area contributed by atoms with Crippen LogP contribution in [0, 0.1) is 6.92 Å². The summed E-state index contributed by atoms with van der Waals surface area (Å²) in [6.07, 6.45) is 0. The Kier molecular flexibility index (Phi) is 3.11. The maximum Gasteiger partial charge on any atom is 0.192 e. The number of nitrogens with zero attached hydrogens (tertiary/aromatic N) is 1. The fourth-order valence-corrected chi connectivity index (χ4v) is 3.32. The first-order chi connectivity index (χ1) is 9.59. The fourth-order valence-electron chi connectivity index (χ4n) is 2.88. The van der Waals surface area contributed by atoms with E-state index in [1.54, 1.807) is 0 Å². The van der Waals surface area contributed by atoms with Crippen molar-refractivity contribution < 1.29 is 5.11 Å². The van der Waals surface area contributed by atoms with Crippen LogP contribution in [0.25, 0.3) is 0 Å². The van der Waals surface area contributed by atoms with E-state index in [1.165, 1.54) is 5.56 Å². The smallest absolute Gasteiger partial charge is 0.192 e. The highest BCUT2D eigenvalue weighted by Crippen LogP contribution is 2.42. The minimum Gasteiger partial charge on any atom is -0.363 e. The molecule has 0 bridgehead atoms. The van der Waals surface area contributed by atoms with Crippen LogP contribution in [-0.4, -0.2) is 21.5 Å². The Morgan fingerprint density at radius 2 is 1.75 bits per heavy atom. The van der Waals surface area contributed by atoms with Gasteiger partial charge in [0, 0.05) is 23.2 Å². The van der Waals surface area contributed by atoms with Crippen molar-refractivity contribution >= 4 is 17.2 Å². The zero-order valence-corrected chi connectivity index (χ0v) is 12.4. The third kappa shape index (κ3) is 1.70. The number of rotatable bonds is 2. The average molecular weight is 283 g/mol. The minimum atomic E-state index is -1.16. The average Bonchev–Trinajstić information content (AvgIpc) is 2.69. The second kappa shape index (κ2) is 4.69. The lowest BCUT2D eigenvalue weighted by molar-refractivity contribution is -0.0258. The van der Waals surface area contributed by atoms with Crippen molar-refractivity contribution in [1.82, 2.24) is 4.90 Å². The molecule has 1 unspecified atom stereocenters. The van der Waals surface area contributed by atoms with Crippen molar-refractivity contribution in [1.29, 1.82) is 0 Å². The molecule has 1 atom stereocenters. The van der Waals surface area contributed by atoms with Crippen LogP contribution < -0.4 is 0 Å². The summed E-state index contributed by atoms with van der Waals surface area (Å²) in [6.45, 7) is 4.72. The quantitative estimate of drug-likeness (QED) is 0.856. The molecule has 0 aromatic heterocycles. The van der Waals surface area contributed by atoms with E-state index in [0.29, 0.717) is 11.5 Å². The summed E-state index contributed by atoms with van der Waals surface area (Å²) in [5.74, 6) is 0. The van der Waals surface area contributed by atoms with Crippen LogP contribution in [0.15, 0.2) is 48.5 Å². The number of aryl methyl sites for hydroxylation is 1. The number of benzene rings is 2. The van der Waals surface area contributed by atoms with Gasteiger partial charge < -0.3 is 10.0 Å². The molecular formula is C17H17NOS. The number of hydrogen-bond donors (Lipinski definition) is 1. The Balaban J connectivity index is 2.24. The minimum absolute atomic E-state index is 0.665. The van der Waals surface area contributed by atoms with Gasteiger partial charge in [-0.25, -0.2) is 0 Å². The highest BCUT2D eigenvalue weighted by atomic mass is 32.1. The Bertz CT molecular complexity index is 665. The van der Waals surface area contributed by atoms with Gasteiger partial charge in [-0.15, -0.1) is 0 Å². The predicted octanol–water partition coefficient (Wildman–Crippen LogP) is 3.20. The van der Waals surface area contributed by atoms with E-state index in [1.807, 2.05) is 67.3 Å². The largest absolute Gasteiger partial charge is 0.363 e. The van der Waals surface area contributed by atoms with Crippen molar-refractivity contribution in [2.45, 2.75) is 19.6 Å². The molecule has 3 rings (SSSR count). The van der Waals surface area contributed by atoms with Gasteiger partial charge in [-0.05, 0) is 13.8 Å². The Hall–Kier alpha value is -1.71. The lowest BCUT2D eigenvalue weighted by Gasteiger charge is -2.35. The molecule has 102 valence electrons. The third-order valence-electron chi connectivity index (χ3n) is 3.94. The molecule has 0 radical (unpaired) electrons. The normalized spacial score (nSPS) is 21.1. The molecule has 0 amide bonds. The summed E-state index contributed by atoms with van der Waals surface area (Å²) in [7, 11) is 0. The molecule has 2 aromatic rings. The summed E-state index contributed by atoms with van der Waals surface area (Å²) < 4.78 is 0. The van der Waals surface area contributed by atoms with Crippen molar-refractivity contribution in [3.8, 4) is 0 Å². The molecular weight excluding hydrogens is 266 g/mol. The zero-order valence-electron chi connectivity index (χ0n) is 11.6. The summed E-state index contributed by atoms with van der Waals surface area (Å²) >= 11 is 5.54. The van der Waals surface area contributed by atoms with Crippen LogP contribution in [0.2, 0.25) is 0 Å². The molecule has 20 heavy (non-hydrogen) atoms. The molecule has 1 N–H and O–H groups in total. The summed E-state index contributed by atoms with van der Waals surface area (Å²) in [5, 5.41) is 11.4. The van der Waals surface area contributed by atoms with Gasteiger partial charge in [0.2, 0.25) is 0 Å². The number of hydrogen-bond acceptors (Lipinski definition) is 2. The van der Waals surface area contributed by atoms with Crippen LogP contribution in [-0.2, 0) is 5.72 Å². The molecule has 1 aliphatic rings. The van der Waals surface area contributed by atoms with Crippen molar-refractivity contribution in [3.63, 3.8) is 0 Å². The first-order valence-electron chi connectivity index (χ1n) is 6.80. The van der Waals surface area contributed by atoms with E-state index in [9.17, 15) is 5.11 Å². The Labute approximate surface area is 124 Å². The first-order valence-corrected chi connectivity index (χ1v) is 7.21. The van der Waals surface area contributed by atoms with Crippen molar-refractivity contribution in [2.24, 2.45) is 0 Å². The highest BCUT2D eigenvalue weighted by Gasteiger charge is 2.46. The predicted molar refractivity (Wildman–Crippen MR) is 84.7 cm³/mol. The maximum atomic E-state index is 11.4. The monoisotopic (exact) mass is 283 g/mol. The van der Waals surface area contributed by atoms with E-state index in [-0.39, 0.29) is 0 Å². The van der Waals surface area contributed by atoms with E-state index >= 15 is 0 Å². The second-order valence-electron chi connectivity index (χ2n) is 5.13. The summed E-state index contributed by atoms with van der Waals surface area (Å²) in [6, 6.07) is 15.8. The summed E-state index contributed by atoms with van der Waals surface area (Å²) in [5.41, 5.74) is 2.70. The molecule has 0 fully saturated rings. The van der Waals surface area contributed by atoms with Gasteiger partial charge in [0.25, 0.3) is 0 Å². The maximum absolute atomic E-state index is 11.4. The van der Waals surface area contributed by atoms with Gasteiger partial charge in [-0.3, -0.25) is 0 Å². The molecule has 0 spiro atoms. The number of thiocarbonyl (C=S) groups is 1. The van der Waals surface area contributed by atoms with Crippen LogP contribution >= 0.6 is 12.2 Å². The summed E-state index contributed by atoms with van der Waals surface area (Å²) in [4.78, 5) is 2.60. The SMILES string of the molecule is CCN1C(=S)c2ccccc2C1(O)c1ccc(C)cc1. The molecule has 2 aromatic carbocycles. The molecule has 3 heteroatoms. The molecule has 1 aliphatic heterocycles. The standard InChI is InChI=1S/C17H17NOS/c1-3-18-16(20)14-6-4-5-7-15(14)17(18,19)13-10-8-12(2)9-11-13/h4-11,19H,3H2,1-2H3. The van der Waals surface area contributed by atoms with Gasteiger partial charge in [-0.1, -0.05) is 66.3 Å². The number of aliphatic hydroxyl groups is 1. The zero-order chi connectivity index (χ0) is 14.3. The van der Waals surface area contributed by atoms with Gasteiger partial charge >= 0.3 is 0 Å². The van der Waals surface area contributed by atoms with Crippen LogP contribution in [0.3, 0.4) is 0 Å². The van der Waals surface area contributed by atoms with E-state index in [0.717, 1.165) is 16.7 Å². The van der Waals surface area contributed by atoms with Gasteiger partial charge in [0.1, 0.15) is 4.99 Å². The molecule has 0 saturated heterocycles. The van der Waals surface area contributed by atoms with E-state index in [4.69, 9.17) is 12.2 Å². The van der Waals surface area contributed by atoms with Crippen LogP contribution in [0.5, 0.6) is 0 Å². The Morgan fingerprint density at radius 1 is 1.10 bits per heavy atom. The first kappa shape index (κ1) is 13.3. The highest BCUT2D eigenvalue weighted by molar-refractivity contribution is 7.80. The Morgan fingerprint density at radius 3 is 2.40 bits per heavy atom. The number of fused-ring (bicyclic) bond motifs is 1.